The van der Waals surface area contributed by atoms with E-state index >= 15 is 0 Å². The summed E-state index contributed by atoms with van der Waals surface area (Å²) in [6, 6.07) is 2.91. The molecule has 3 aliphatic rings. The van der Waals surface area contributed by atoms with Crippen molar-refractivity contribution < 1.29 is 18.7 Å². The zero-order valence-corrected chi connectivity index (χ0v) is 23.4. The summed E-state index contributed by atoms with van der Waals surface area (Å²) in [5.41, 5.74) is 2.31. The molecule has 8 nitrogen and oxygen atoms in total. The Morgan fingerprint density at radius 3 is 2.74 bits per heavy atom. The molecule has 0 bridgehead atoms. The number of ether oxygens (including phenoxy) is 1. The Morgan fingerprint density at radius 1 is 1.37 bits per heavy atom. The zero-order chi connectivity index (χ0) is 27.2. The van der Waals surface area contributed by atoms with Crippen molar-refractivity contribution in [3.8, 4) is 0 Å². The summed E-state index contributed by atoms with van der Waals surface area (Å²) >= 11 is 7.90. The Labute approximate surface area is 230 Å². The fourth-order valence-corrected chi connectivity index (χ4v) is 6.30. The first-order valence-corrected chi connectivity index (χ1v) is 13.9. The molecule has 3 heterocycles. The lowest BCUT2D eigenvalue weighted by Gasteiger charge is -2.31. The van der Waals surface area contributed by atoms with Gasteiger partial charge in [-0.25, -0.2) is 14.2 Å². The van der Waals surface area contributed by atoms with Crippen molar-refractivity contribution >= 4 is 40.6 Å². The van der Waals surface area contributed by atoms with Gasteiger partial charge < -0.3 is 15.4 Å². The van der Waals surface area contributed by atoms with Gasteiger partial charge in [0.05, 0.1) is 18.7 Å². The van der Waals surface area contributed by atoms with Crippen LogP contribution in [0, 0.1) is 18.2 Å². The summed E-state index contributed by atoms with van der Waals surface area (Å²) in [7, 11) is 1.31. The molecule has 2 aliphatic heterocycles. The number of thiazole rings is 1. The third kappa shape index (κ3) is 5.34. The number of nitrogens with zero attached hydrogens (tertiary/aromatic N) is 3. The van der Waals surface area contributed by atoms with Gasteiger partial charge in [-0.05, 0) is 57.6 Å². The highest BCUT2D eigenvalue weighted by Gasteiger charge is 2.54. The molecule has 202 valence electrons. The van der Waals surface area contributed by atoms with E-state index in [0.717, 1.165) is 31.5 Å². The van der Waals surface area contributed by atoms with Crippen LogP contribution in [0.5, 0.6) is 0 Å². The number of nitrogens with one attached hydrogen (secondary N) is 2. The second-order valence-electron chi connectivity index (χ2n) is 10.6. The van der Waals surface area contributed by atoms with Crippen molar-refractivity contribution in [1.82, 2.24) is 20.5 Å². The molecule has 1 saturated carbocycles. The number of aromatic nitrogens is 1. The minimum atomic E-state index is -0.841. The number of aryl methyl sites for hydroxylation is 1. The number of carbonyl (C=O) groups excluding carboxylic acids is 2. The molecule has 1 aromatic carbocycles. The van der Waals surface area contributed by atoms with E-state index in [1.165, 1.54) is 36.6 Å². The topological polar surface area (TPSA) is 95.9 Å². The number of halogens is 2. The second kappa shape index (κ2) is 10.4. The Morgan fingerprint density at radius 2 is 2.13 bits per heavy atom. The van der Waals surface area contributed by atoms with Crippen LogP contribution in [0.2, 0.25) is 5.02 Å². The summed E-state index contributed by atoms with van der Waals surface area (Å²) in [5, 5.41) is 9.12. The molecule has 1 spiro atoms. The monoisotopic (exact) mass is 559 g/mol. The van der Waals surface area contributed by atoms with E-state index in [-0.39, 0.29) is 34.0 Å². The summed E-state index contributed by atoms with van der Waals surface area (Å²) in [4.78, 5) is 38.0. The zero-order valence-electron chi connectivity index (χ0n) is 21.8. The first kappa shape index (κ1) is 26.8. The molecule has 1 saturated heterocycles. The van der Waals surface area contributed by atoms with Gasteiger partial charge >= 0.3 is 5.97 Å². The molecule has 38 heavy (non-hydrogen) atoms. The minimum absolute atomic E-state index is 0.0117. The number of amidine groups is 1. The fourth-order valence-electron chi connectivity index (χ4n) is 5.28. The lowest BCUT2D eigenvalue weighted by molar-refractivity contribution is -0.136. The van der Waals surface area contributed by atoms with Gasteiger partial charge in [-0.1, -0.05) is 17.7 Å². The number of amides is 1. The Kier molecular flexibility index (Phi) is 7.32. The molecular formula is C27H31ClFN5O3S. The predicted molar refractivity (Wildman–Crippen MR) is 145 cm³/mol. The van der Waals surface area contributed by atoms with Crippen LogP contribution in [0.3, 0.4) is 0 Å². The molecule has 2 N–H and O–H groups in total. The van der Waals surface area contributed by atoms with Crippen molar-refractivity contribution in [2.75, 3.05) is 20.2 Å². The first-order chi connectivity index (χ1) is 18.1. The number of carbonyl (C=O) groups is 2. The van der Waals surface area contributed by atoms with Crippen LogP contribution >= 0.6 is 22.9 Å². The van der Waals surface area contributed by atoms with E-state index in [1.54, 1.807) is 0 Å². The SMILES string of the molecule is COC(=O)C1=C(CN2CC3(CC3)C[C@H]2C(=O)NC(C)C)NC(c2nc(C)cs2)=N[C@H]1c1ccc(F)cc1Cl. The van der Waals surface area contributed by atoms with Crippen LogP contribution in [-0.2, 0) is 14.3 Å². The quantitative estimate of drug-likeness (QED) is 0.495. The summed E-state index contributed by atoms with van der Waals surface area (Å²) in [6.07, 6.45) is 2.96. The fraction of sp³-hybridized carbons (Fsp3) is 0.481. The summed E-state index contributed by atoms with van der Waals surface area (Å²) in [5.74, 6) is -0.580. The van der Waals surface area contributed by atoms with Crippen LogP contribution in [0.25, 0.3) is 0 Å². The maximum absolute atomic E-state index is 13.9. The molecular weight excluding hydrogens is 529 g/mol. The number of benzene rings is 1. The number of rotatable bonds is 7. The van der Waals surface area contributed by atoms with Gasteiger partial charge in [0.25, 0.3) is 0 Å². The Hall–Kier alpha value is -2.82. The number of hydrogen-bond donors (Lipinski definition) is 2. The number of aliphatic imine (C=N–C) groups is 1. The van der Waals surface area contributed by atoms with E-state index < -0.39 is 17.8 Å². The van der Waals surface area contributed by atoms with Gasteiger partial charge in [-0.3, -0.25) is 14.7 Å². The number of methoxy groups -OCH3 is 1. The molecule has 11 heteroatoms. The van der Waals surface area contributed by atoms with Crippen molar-refractivity contribution in [3.63, 3.8) is 0 Å². The van der Waals surface area contributed by atoms with E-state index in [9.17, 15) is 14.0 Å². The number of esters is 1. The molecule has 2 fully saturated rings. The Balaban J connectivity index is 1.58. The minimum Gasteiger partial charge on any atom is -0.466 e. The summed E-state index contributed by atoms with van der Waals surface area (Å²) in [6.45, 7) is 6.85. The smallest absolute Gasteiger partial charge is 0.338 e. The average Bonchev–Trinajstić information content (AvgIpc) is 3.30. The standard InChI is InChI=1S/C27H31ClFN5O3S/c1-14(2)30-24(35)20-10-27(7-8-27)13-34(20)11-19-21(26(36)37-4)22(17-6-5-16(29)9-18(17)28)33-23(32-19)25-31-15(3)12-38-25/h5-6,9,12,14,20,22H,7-8,10-11,13H2,1-4H3,(H,30,35)(H,32,33)/t20-,22-/m0/s1. The third-order valence-corrected chi connectivity index (χ3v) is 8.56. The maximum atomic E-state index is 13.9. The molecule has 2 atom stereocenters. The molecule has 1 amide bonds. The van der Waals surface area contributed by atoms with Gasteiger partial charge in [-0.15, -0.1) is 11.3 Å². The van der Waals surface area contributed by atoms with E-state index in [4.69, 9.17) is 21.3 Å². The van der Waals surface area contributed by atoms with Crippen molar-refractivity contribution in [2.45, 2.75) is 58.2 Å². The first-order valence-electron chi connectivity index (χ1n) is 12.7. The van der Waals surface area contributed by atoms with Crippen molar-refractivity contribution in [2.24, 2.45) is 10.4 Å². The maximum Gasteiger partial charge on any atom is 0.338 e. The summed E-state index contributed by atoms with van der Waals surface area (Å²) < 4.78 is 19.1. The average molecular weight is 560 g/mol. The van der Waals surface area contributed by atoms with E-state index in [2.05, 4.69) is 20.5 Å². The van der Waals surface area contributed by atoms with Gasteiger partial charge in [0.2, 0.25) is 5.91 Å². The highest BCUT2D eigenvalue weighted by Crippen LogP contribution is 2.55. The lowest BCUT2D eigenvalue weighted by Crippen LogP contribution is -2.48. The third-order valence-electron chi connectivity index (χ3n) is 7.27. The molecule has 5 rings (SSSR count). The highest BCUT2D eigenvalue weighted by molar-refractivity contribution is 7.11. The number of likely N-dealkylation sites (tertiary alicyclic amines) is 1. The largest absolute Gasteiger partial charge is 0.466 e. The van der Waals surface area contributed by atoms with E-state index in [0.29, 0.717) is 28.6 Å². The molecule has 0 radical (unpaired) electrons. The number of hydrogen-bond acceptors (Lipinski definition) is 8. The predicted octanol–water partition coefficient (Wildman–Crippen LogP) is 4.14. The Bertz CT molecular complexity index is 1340. The van der Waals surface area contributed by atoms with Crippen LogP contribution in [0.4, 0.5) is 4.39 Å². The molecule has 1 aliphatic carbocycles. The van der Waals surface area contributed by atoms with Crippen LogP contribution in [0.15, 0.2) is 39.8 Å². The molecule has 0 unspecified atom stereocenters. The lowest BCUT2D eigenvalue weighted by atomic mass is 9.95. The van der Waals surface area contributed by atoms with E-state index in [1.807, 2.05) is 26.2 Å². The van der Waals surface area contributed by atoms with Crippen LogP contribution in [0.1, 0.15) is 55.4 Å². The van der Waals surface area contributed by atoms with Crippen LogP contribution in [-0.4, -0.2) is 59.9 Å². The van der Waals surface area contributed by atoms with Crippen molar-refractivity contribution in [3.05, 3.63) is 62.0 Å². The van der Waals surface area contributed by atoms with Crippen LogP contribution < -0.4 is 10.6 Å². The van der Waals surface area contributed by atoms with Gasteiger partial charge in [0, 0.05) is 46.5 Å². The molecule has 2 aromatic rings. The molecule has 1 aromatic heterocycles. The second-order valence-corrected chi connectivity index (χ2v) is 11.9. The van der Waals surface area contributed by atoms with Crippen molar-refractivity contribution in [1.29, 1.82) is 0 Å². The van der Waals surface area contributed by atoms with Gasteiger partial charge in [0.15, 0.2) is 10.8 Å². The highest BCUT2D eigenvalue weighted by atomic mass is 35.5. The van der Waals surface area contributed by atoms with Gasteiger partial charge in [0.1, 0.15) is 11.9 Å². The van der Waals surface area contributed by atoms with Gasteiger partial charge in [-0.2, -0.15) is 0 Å². The normalized spacial score (nSPS) is 22.4.